The summed E-state index contributed by atoms with van der Waals surface area (Å²) in [5.74, 6) is 1.83. The van der Waals surface area contributed by atoms with E-state index in [1.807, 2.05) is 19.0 Å². The SMILES string of the molecule is CCNC(=NCCCOCC1CC1)N(C)C.I. The second kappa shape index (κ2) is 9.94. The van der Waals surface area contributed by atoms with E-state index >= 15 is 0 Å². The van der Waals surface area contributed by atoms with E-state index in [0.717, 1.165) is 44.6 Å². The number of nitrogens with one attached hydrogen (secondary N) is 1. The van der Waals surface area contributed by atoms with Gasteiger partial charge in [-0.3, -0.25) is 4.99 Å². The second-order valence-electron chi connectivity index (χ2n) is 4.50. The van der Waals surface area contributed by atoms with Gasteiger partial charge in [0.15, 0.2) is 5.96 Å². The number of aliphatic imine (C=N–C) groups is 1. The minimum Gasteiger partial charge on any atom is -0.381 e. The van der Waals surface area contributed by atoms with E-state index in [0.29, 0.717) is 0 Å². The minimum absolute atomic E-state index is 0. The van der Waals surface area contributed by atoms with E-state index in [9.17, 15) is 0 Å². The van der Waals surface area contributed by atoms with Crippen molar-refractivity contribution in [1.82, 2.24) is 10.2 Å². The molecule has 17 heavy (non-hydrogen) atoms. The molecule has 0 aliphatic heterocycles. The minimum atomic E-state index is 0. The molecule has 1 N–H and O–H groups in total. The predicted octanol–water partition coefficient (Wildman–Crippen LogP) is 1.95. The third kappa shape index (κ3) is 8.65. The molecule has 4 nitrogen and oxygen atoms in total. The van der Waals surface area contributed by atoms with Crippen LogP contribution in [0.3, 0.4) is 0 Å². The number of guanidine groups is 1. The van der Waals surface area contributed by atoms with Crippen LogP contribution in [0.25, 0.3) is 0 Å². The van der Waals surface area contributed by atoms with Crippen LogP contribution in [-0.4, -0.2) is 51.3 Å². The van der Waals surface area contributed by atoms with Gasteiger partial charge in [0.2, 0.25) is 0 Å². The van der Waals surface area contributed by atoms with Gasteiger partial charge in [-0.1, -0.05) is 0 Å². The number of hydrogen-bond acceptors (Lipinski definition) is 2. The Morgan fingerprint density at radius 1 is 1.41 bits per heavy atom. The first-order valence-corrected chi connectivity index (χ1v) is 6.27. The van der Waals surface area contributed by atoms with Crippen LogP contribution < -0.4 is 5.32 Å². The largest absolute Gasteiger partial charge is 0.381 e. The monoisotopic (exact) mass is 355 g/mol. The summed E-state index contributed by atoms with van der Waals surface area (Å²) in [5.41, 5.74) is 0. The molecule has 0 heterocycles. The lowest BCUT2D eigenvalue weighted by molar-refractivity contribution is 0.123. The Labute approximate surface area is 122 Å². The lowest BCUT2D eigenvalue weighted by Gasteiger charge is -2.16. The number of rotatable bonds is 7. The molecule has 1 fully saturated rings. The first-order chi connectivity index (χ1) is 7.74. The van der Waals surface area contributed by atoms with Crippen molar-refractivity contribution < 1.29 is 4.74 Å². The molecule has 0 atom stereocenters. The Morgan fingerprint density at radius 3 is 2.65 bits per heavy atom. The summed E-state index contributed by atoms with van der Waals surface area (Å²) in [6.07, 6.45) is 3.74. The van der Waals surface area contributed by atoms with Crippen molar-refractivity contribution in [2.45, 2.75) is 26.2 Å². The molecule has 1 saturated carbocycles. The van der Waals surface area contributed by atoms with Crippen LogP contribution in [0.1, 0.15) is 26.2 Å². The molecule has 0 aromatic rings. The molecule has 0 saturated heterocycles. The predicted molar refractivity (Wildman–Crippen MR) is 83.2 cm³/mol. The average molecular weight is 355 g/mol. The molecule has 0 amide bonds. The first-order valence-electron chi connectivity index (χ1n) is 6.27. The van der Waals surface area contributed by atoms with Crippen molar-refractivity contribution in [3.05, 3.63) is 0 Å². The van der Waals surface area contributed by atoms with Crippen LogP contribution in [0, 0.1) is 5.92 Å². The molecule has 0 aromatic heterocycles. The van der Waals surface area contributed by atoms with E-state index in [1.165, 1.54) is 12.8 Å². The molecule has 0 spiro atoms. The number of hydrogen-bond donors (Lipinski definition) is 1. The van der Waals surface area contributed by atoms with Crippen molar-refractivity contribution in [2.24, 2.45) is 10.9 Å². The fourth-order valence-electron chi connectivity index (χ4n) is 1.40. The quantitative estimate of drug-likeness (QED) is 0.328. The summed E-state index contributed by atoms with van der Waals surface area (Å²) >= 11 is 0. The smallest absolute Gasteiger partial charge is 0.193 e. The van der Waals surface area contributed by atoms with Crippen molar-refractivity contribution in [2.75, 3.05) is 40.4 Å². The second-order valence-corrected chi connectivity index (χ2v) is 4.50. The zero-order valence-electron chi connectivity index (χ0n) is 11.2. The molecule has 1 aliphatic carbocycles. The highest BCUT2D eigenvalue weighted by Gasteiger charge is 2.20. The maximum absolute atomic E-state index is 5.56. The Bertz CT molecular complexity index is 218. The summed E-state index contributed by atoms with van der Waals surface area (Å²) in [5, 5.41) is 3.24. The zero-order chi connectivity index (χ0) is 11.8. The van der Waals surface area contributed by atoms with Gasteiger partial charge in [0.1, 0.15) is 0 Å². The van der Waals surface area contributed by atoms with Crippen LogP contribution in [0.4, 0.5) is 0 Å². The van der Waals surface area contributed by atoms with Crippen LogP contribution >= 0.6 is 24.0 Å². The third-order valence-electron chi connectivity index (χ3n) is 2.52. The summed E-state index contributed by atoms with van der Waals surface area (Å²) < 4.78 is 5.56. The lowest BCUT2D eigenvalue weighted by Crippen LogP contribution is -2.36. The van der Waals surface area contributed by atoms with Crippen molar-refractivity contribution in [3.63, 3.8) is 0 Å². The van der Waals surface area contributed by atoms with Gasteiger partial charge in [0.25, 0.3) is 0 Å². The Balaban J connectivity index is 0.00000256. The molecule has 0 unspecified atom stereocenters. The maximum atomic E-state index is 5.56. The molecule has 0 bridgehead atoms. The van der Waals surface area contributed by atoms with Crippen molar-refractivity contribution in [3.8, 4) is 0 Å². The number of halogens is 1. The van der Waals surface area contributed by atoms with Gasteiger partial charge in [-0.15, -0.1) is 24.0 Å². The van der Waals surface area contributed by atoms with E-state index in [2.05, 4.69) is 17.2 Å². The van der Waals surface area contributed by atoms with Gasteiger partial charge in [-0.2, -0.15) is 0 Å². The Hall–Kier alpha value is -0.0400. The van der Waals surface area contributed by atoms with Crippen LogP contribution in [0.15, 0.2) is 4.99 Å². The molecule has 1 rings (SSSR count). The van der Waals surface area contributed by atoms with E-state index in [-0.39, 0.29) is 24.0 Å². The highest BCUT2D eigenvalue weighted by atomic mass is 127. The molecule has 5 heteroatoms. The van der Waals surface area contributed by atoms with Gasteiger partial charge in [-0.25, -0.2) is 0 Å². The molecule has 102 valence electrons. The van der Waals surface area contributed by atoms with E-state index in [4.69, 9.17) is 4.74 Å². The van der Waals surface area contributed by atoms with Gasteiger partial charge < -0.3 is 15.0 Å². The highest BCUT2D eigenvalue weighted by Crippen LogP contribution is 2.28. The van der Waals surface area contributed by atoms with E-state index < -0.39 is 0 Å². The molecule has 1 aliphatic rings. The number of ether oxygens (including phenoxy) is 1. The Kier molecular flexibility index (Phi) is 9.91. The first kappa shape index (κ1) is 17.0. The zero-order valence-corrected chi connectivity index (χ0v) is 13.6. The lowest BCUT2D eigenvalue weighted by atomic mass is 10.4. The standard InChI is InChI=1S/C12H25N3O.HI/c1-4-13-12(15(2)3)14-8-5-9-16-10-11-6-7-11;/h11H,4-10H2,1-3H3,(H,13,14);1H. The molecular formula is C12H26IN3O. The van der Waals surface area contributed by atoms with Gasteiger partial charge in [-0.05, 0) is 32.1 Å². The van der Waals surface area contributed by atoms with Crippen LogP contribution in [0.5, 0.6) is 0 Å². The average Bonchev–Trinajstić information content (AvgIpc) is 3.05. The van der Waals surface area contributed by atoms with Crippen molar-refractivity contribution in [1.29, 1.82) is 0 Å². The maximum Gasteiger partial charge on any atom is 0.193 e. The fraction of sp³-hybridized carbons (Fsp3) is 0.917. The van der Waals surface area contributed by atoms with Gasteiger partial charge in [0, 0.05) is 40.4 Å². The molecule has 0 radical (unpaired) electrons. The summed E-state index contributed by atoms with van der Waals surface area (Å²) in [4.78, 5) is 6.51. The summed E-state index contributed by atoms with van der Waals surface area (Å²) in [7, 11) is 4.01. The third-order valence-corrected chi connectivity index (χ3v) is 2.52. The summed E-state index contributed by atoms with van der Waals surface area (Å²) in [6.45, 7) is 5.63. The van der Waals surface area contributed by atoms with Crippen molar-refractivity contribution >= 4 is 29.9 Å². The van der Waals surface area contributed by atoms with Gasteiger partial charge in [0.05, 0.1) is 0 Å². The molecular weight excluding hydrogens is 329 g/mol. The fourth-order valence-corrected chi connectivity index (χ4v) is 1.40. The normalized spacial score (nSPS) is 15.4. The van der Waals surface area contributed by atoms with Gasteiger partial charge >= 0.3 is 0 Å². The highest BCUT2D eigenvalue weighted by molar-refractivity contribution is 14.0. The topological polar surface area (TPSA) is 36.9 Å². The van der Waals surface area contributed by atoms with Crippen LogP contribution in [0.2, 0.25) is 0 Å². The number of nitrogens with zero attached hydrogens (tertiary/aromatic N) is 2. The summed E-state index contributed by atoms with van der Waals surface area (Å²) in [6, 6.07) is 0. The Morgan fingerprint density at radius 2 is 2.12 bits per heavy atom. The van der Waals surface area contributed by atoms with E-state index in [1.54, 1.807) is 0 Å². The molecule has 0 aromatic carbocycles. The van der Waals surface area contributed by atoms with Crippen LogP contribution in [-0.2, 0) is 4.74 Å².